The Morgan fingerprint density at radius 1 is 1.19 bits per heavy atom. The molecule has 0 bridgehead atoms. The second-order valence-corrected chi connectivity index (χ2v) is 6.71. The number of primary amides is 1. The molecule has 6 nitrogen and oxygen atoms in total. The van der Waals surface area contributed by atoms with E-state index in [4.69, 9.17) is 5.73 Å². The monoisotopic (exact) mass is 362 g/mol. The molecule has 0 aliphatic heterocycles. The lowest BCUT2D eigenvalue weighted by Crippen LogP contribution is -2.35. The van der Waals surface area contributed by atoms with Crippen molar-refractivity contribution >= 4 is 28.6 Å². The van der Waals surface area contributed by atoms with Crippen LogP contribution in [0.5, 0.6) is 0 Å². The van der Waals surface area contributed by atoms with Gasteiger partial charge < -0.3 is 5.73 Å². The number of nitrogens with zero attached hydrogens (tertiary/aromatic N) is 3. The predicted molar refractivity (Wildman–Crippen MR) is 99.9 cm³/mol. The van der Waals surface area contributed by atoms with Crippen LogP contribution < -0.4 is 10.3 Å². The summed E-state index contributed by atoms with van der Waals surface area (Å²) >= 11 is 1.57. The third kappa shape index (κ3) is 3.16. The SMILES string of the molecule is NC(=O)c1ccc[n+](-c2ccc3[nH]ncc3c2)c1SCc1ccncc1. The molecule has 0 aliphatic rings. The van der Waals surface area contributed by atoms with Gasteiger partial charge in [-0.05, 0) is 29.8 Å². The van der Waals surface area contributed by atoms with E-state index >= 15 is 0 Å². The molecule has 0 fully saturated rings. The molecule has 26 heavy (non-hydrogen) atoms. The summed E-state index contributed by atoms with van der Waals surface area (Å²) in [5.74, 6) is 0.266. The molecule has 3 N–H and O–H groups in total. The van der Waals surface area contributed by atoms with Gasteiger partial charge in [0.1, 0.15) is 5.56 Å². The Balaban J connectivity index is 1.78. The summed E-state index contributed by atoms with van der Waals surface area (Å²) in [6.07, 6.45) is 7.23. The Kier molecular flexibility index (Phi) is 4.37. The van der Waals surface area contributed by atoms with E-state index < -0.39 is 5.91 Å². The van der Waals surface area contributed by atoms with Gasteiger partial charge in [-0.2, -0.15) is 9.67 Å². The highest BCUT2D eigenvalue weighted by molar-refractivity contribution is 7.98. The van der Waals surface area contributed by atoms with Crippen LogP contribution in [0, 0.1) is 0 Å². The number of aromatic amines is 1. The van der Waals surface area contributed by atoms with Crippen LogP contribution in [0.3, 0.4) is 0 Å². The van der Waals surface area contributed by atoms with E-state index in [2.05, 4.69) is 15.2 Å². The smallest absolute Gasteiger partial charge is 0.259 e. The number of thioether (sulfide) groups is 1. The van der Waals surface area contributed by atoms with Crippen LogP contribution in [0.25, 0.3) is 16.6 Å². The first-order valence-electron chi connectivity index (χ1n) is 8.02. The van der Waals surface area contributed by atoms with E-state index in [0.717, 1.165) is 27.2 Å². The zero-order chi connectivity index (χ0) is 17.9. The van der Waals surface area contributed by atoms with Crippen LogP contribution in [0.15, 0.2) is 72.3 Å². The summed E-state index contributed by atoms with van der Waals surface area (Å²) in [7, 11) is 0. The lowest BCUT2D eigenvalue weighted by Gasteiger charge is -2.07. The molecule has 0 atom stereocenters. The average Bonchev–Trinajstić information content (AvgIpc) is 3.14. The van der Waals surface area contributed by atoms with Gasteiger partial charge in [-0.15, -0.1) is 0 Å². The van der Waals surface area contributed by atoms with Gasteiger partial charge >= 0.3 is 0 Å². The summed E-state index contributed by atoms with van der Waals surface area (Å²) in [4.78, 5) is 16.0. The minimum Gasteiger partial charge on any atom is -0.365 e. The molecular weight excluding hydrogens is 346 g/mol. The molecule has 3 aromatic heterocycles. The van der Waals surface area contributed by atoms with Gasteiger partial charge in [-0.3, -0.25) is 14.9 Å². The van der Waals surface area contributed by atoms with Gasteiger partial charge in [0.2, 0.25) is 5.69 Å². The van der Waals surface area contributed by atoms with Crippen LogP contribution in [-0.2, 0) is 5.75 Å². The Bertz CT molecular complexity index is 1080. The van der Waals surface area contributed by atoms with Crippen molar-refractivity contribution in [2.24, 2.45) is 5.73 Å². The number of hydrogen-bond donors (Lipinski definition) is 2. The molecule has 128 valence electrons. The molecule has 0 radical (unpaired) electrons. The maximum atomic E-state index is 12.0. The van der Waals surface area contributed by atoms with Gasteiger partial charge in [0.15, 0.2) is 6.20 Å². The van der Waals surface area contributed by atoms with Crippen molar-refractivity contribution in [3.05, 3.63) is 78.4 Å². The summed E-state index contributed by atoms with van der Waals surface area (Å²) in [6.45, 7) is 0. The van der Waals surface area contributed by atoms with Crippen molar-refractivity contribution < 1.29 is 9.36 Å². The molecule has 1 aromatic carbocycles. The standard InChI is InChI=1S/C19H15N5OS/c20-18(25)16-2-1-9-24(15-3-4-17-14(10-15)11-22-23-17)19(16)26-12-13-5-7-21-8-6-13/h1-11H,12H2,(H2-,20,22,23,25)/p+1. The topological polar surface area (TPSA) is 88.5 Å². The van der Waals surface area contributed by atoms with Crippen molar-refractivity contribution in [1.82, 2.24) is 15.2 Å². The highest BCUT2D eigenvalue weighted by Gasteiger charge is 2.22. The number of nitrogens with one attached hydrogen (secondary N) is 1. The number of rotatable bonds is 5. The number of carbonyl (C=O) groups is 1. The van der Waals surface area contributed by atoms with Crippen LogP contribution >= 0.6 is 11.8 Å². The van der Waals surface area contributed by atoms with Crippen molar-refractivity contribution in [2.45, 2.75) is 10.8 Å². The van der Waals surface area contributed by atoms with Gasteiger partial charge in [-0.1, -0.05) is 11.8 Å². The van der Waals surface area contributed by atoms with Gasteiger partial charge in [0, 0.05) is 41.7 Å². The van der Waals surface area contributed by atoms with E-state index in [1.54, 1.807) is 36.4 Å². The van der Waals surface area contributed by atoms with E-state index in [1.807, 2.05) is 47.2 Å². The quantitative estimate of drug-likeness (QED) is 0.422. The fourth-order valence-corrected chi connectivity index (χ4v) is 3.87. The Hall–Kier alpha value is -3.19. The first kappa shape index (κ1) is 16.3. The summed E-state index contributed by atoms with van der Waals surface area (Å²) in [6, 6.07) is 13.5. The zero-order valence-corrected chi connectivity index (χ0v) is 14.6. The first-order valence-corrected chi connectivity index (χ1v) is 9.00. The van der Waals surface area contributed by atoms with Crippen molar-refractivity contribution in [1.29, 1.82) is 0 Å². The van der Waals surface area contributed by atoms with Crippen molar-refractivity contribution in [2.75, 3.05) is 0 Å². The molecule has 4 rings (SSSR count). The fraction of sp³-hybridized carbons (Fsp3) is 0.0526. The second-order valence-electron chi connectivity index (χ2n) is 5.75. The van der Waals surface area contributed by atoms with Gasteiger partial charge in [0.05, 0.1) is 11.7 Å². The maximum Gasteiger partial charge on any atom is 0.259 e. The van der Waals surface area contributed by atoms with Crippen LogP contribution in [0.2, 0.25) is 0 Å². The largest absolute Gasteiger partial charge is 0.365 e. The summed E-state index contributed by atoms with van der Waals surface area (Å²) in [5.41, 5.74) is 9.15. The first-order chi connectivity index (χ1) is 12.7. The van der Waals surface area contributed by atoms with Crippen LogP contribution in [-0.4, -0.2) is 21.1 Å². The minimum absolute atomic E-state index is 0.444. The van der Waals surface area contributed by atoms with Crippen molar-refractivity contribution in [3.63, 3.8) is 0 Å². The Morgan fingerprint density at radius 3 is 2.85 bits per heavy atom. The number of H-pyrrole nitrogens is 1. The molecule has 7 heteroatoms. The molecule has 0 saturated heterocycles. The number of fused-ring (bicyclic) bond motifs is 1. The number of nitrogens with two attached hydrogens (primary N) is 1. The minimum atomic E-state index is -0.444. The second kappa shape index (κ2) is 6.97. The number of carbonyl (C=O) groups excluding carboxylic acids is 1. The molecule has 1 amide bonds. The molecule has 3 heterocycles. The molecule has 0 unspecified atom stereocenters. The Morgan fingerprint density at radius 2 is 2.04 bits per heavy atom. The molecule has 0 saturated carbocycles. The number of benzene rings is 1. The number of pyridine rings is 2. The van der Waals surface area contributed by atoms with Crippen LogP contribution in [0.1, 0.15) is 15.9 Å². The van der Waals surface area contributed by atoms with E-state index in [9.17, 15) is 4.79 Å². The third-order valence-corrected chi connectivity index (χ3v) is 5.21. The van der Waals surface area contributed by atoms with E-state index in [1.165, 1.54) is 0 Å². The van der Waals surface area contributed by atoms with E-state index in [0.29, 0.717) is 11.3 Å². The lowest BCUT2D eigenvalue weighted by atomic mass is 10.2. The molecular formula is C19H16N5OS+. The number of aromatic nitrogens is 4. The van der Waals surface area contributed by atoms with Crippen LogP contribution in [0.4, 0.5) is 0 Å². The summed E-state index contributed by atoms with van der Waals surface area (Å²) in [5, 5.41) is 8.81. The Labute approximate surface area is 154 Å². The number of hydrogen-bond acceptors (Lipinski definition) is 4. The highest BCUT2D eigenvalue weighted by atomic mass is 32.2. The van der Waals surface area contributed by atoms with Gasteiger partial charge in [-0.25, -0.2) is 0 Å². The highest BCUT2D eigenvalue weighted by Crippen LogP contribution is 2.24. The normalized spacial score (nSPS) is 10.9. The van der Waals surface area contributed by atoms with Gasteiger partial charge in [0.25, 0.3) is 10.9 Å². The number of amides is 1. The van der Waals surface area contributed by atoms with Crippen molar-refractivity contribution in [3.8, 4) is 5.69 Å². The lowest BCUT2D eigenvalue weighted by molar-refractivity contribution is -0.636. The average molecular weight is 362 g/mol. The third-order valence-electron chi connectivity index (χ3n) is 4.04. The maximum absolute atomic E-state index is 12.0. The molecule has 4 aromatic rings. The fourth-order valence-electron chi connectivity index (χ4n) is 2.74. The predicted octanol–water partition coefficient (Wildman–Crippen LogP) is 2.63. The molecule has 0 spiro atoms. The zero-order valence-electron chi connectivity index (χ0n) is 13.8. The summed E-state index contributed by atoms with van der Waals surface area (Å²) < 4.78 is 1.98. The van der Waals surface area contributed by atoms with E-state index in [-0.39, 0.29) is 0 Å². The molecule has 0 aliphatic carbocycles.